The number of rotatable bonds is 7. The summed E-state index contributed by atoms with van der Waals surface area (Å²) in [4.78, 5) is 43.8. The summed E-state index contributed by atoms with van der Waals surface area (Å²) in [6, 6.07) is 23.7. The molecule has 11 heteroatoms. The Morgan fingerprint density at radius 1 is 1.09 bits per heavy atom. The molecule has 0 saturated carbocycles. The van der Waals surface area contributed by atoms with Gasteiger partial charge in [-0.2, -0.15) is 0 Å². The number of aromatic nitrogens is 1. The van der Waals surface area contributed by atoms with Crippen LogP contribution in [0.2, 0.25) is 5.02 Å². The maximum absolute atomic E-state index is 14.0. The van der Waals surface area contributed by atoms with Gasteiger partial charge in [-0.1, -0.05) is 77.5 Å². The van der Waals surface area contributed by atoms with Gasteiger partial charge in [0.2, 0.25) is 0 Å². The molecule has 1 unspecified atom stereocenters. The summed E-state index contributed by atoms with van der Waals surface area (Å²) in [6.45, 7) is 3.54. The average molecular weight is 626 g/mol. The Balaban J connectivity index is 1.53. The Hall–Kier alpha value is -5.06. The number of hydrogen-bond donors (Lipinski definition) is 0. The summed E-state index contributed by atoms with van der Waals surface area (Å²) in [5, 5.41) is 11.9. The Bertz CT molecular complexity index is 2130. The van der Waals surface area contributed by atoms with Crippen molar-refractivity contribution in [2.24, 2.45) is 4.99 Å². The van der Waals surface area contributed by atoms with Gasteiger partial charge in [0.1, 0.15) is 11.5 Å². The third-order valence-electron chi connectivity index (χ3n) is 7.15. The monoisotopic (exact) mass is 625 g/mol. The van der Waals surface area contributed by atoms with Crippen molar-refractivity contribution >= 4 is 46.4 Å². The number of nitro groups is 1. The summed E-state index contributed by atoms with van der Waals surface area (Å²) in [5.74, 6) is 0.221. The number of ether oxygens (including phenoxy) is 1. The van der Waals surface area contributed by atoms with E-state index in [9.17, 15) is 19.7 Å². The highest BCUT2D eigenvalue weighted by atomic mass is 35.5. The van der Waals surface area contributed by atoms with Crippen LogP contribution in [0.3, 0.4) is 0 Å². The summed E-state index contributed by atoms with van der Waals surface area (Å²) in [7, 11) is 0. The minimum atomic E-state index is -0.833. The maximum Gasteiger partial charge on any atom is 0.338 e. The molecule has 5 aromatic rings. The van der Waals surface area contributed by atoms with Gasteiger partial charge in [0, 0.05) is 33.9 Å². The molecular formula is C33H24ClN3O6S. The van der Waals surface area contributed by atoms with Crippen LogP contribution in [0.5, 0.6) is 0 Å². The quantitative estimate of drug-likeness (QED) is 0.123. The standard InChI is InChI=1S/C33H24ClN3O6S/c1-3-42-32(39)28-29(20-7-5-4-6-8-20)35-33-36(30(28)21-11-13-23(34)14-12-21)31(38)27(44-33)18-24-15-16-26(43-24)22-10-9-19(2)25(17-22)37(40)41/h4-18,30H,3H2,1-2H3/b27-18-. The zero-order chi connectivity index (χ0) is 31.0. The molecule has 0 spiro atoms. The van der Waals surface area contributed by atoms with Crippen LogP contribution in [-0.4, -0.2) is 22.1 Å². The van der Waals surface area contributed by atoms with Crippen molar-refractivity contribution in [1.82, 2.24) is 4.57 Å². The summed E-state index contributed by atoms with van der Waals surface area (Å²) < 4.78 is 13.3. The summed E-state index contributed by atoms with van der Waals surface area (Å²) in [6.07, 6.45) is 1.60. The van der Waals surface area contributed by atoms with E-state index in [-0.39, 0.29) is 23.4 Å². The van der Waals surface area contributed by atoms with E-state index in [1.54, 1.807) is 68.5 Å². The zero-order valence-electron chi connectivity index (χ0n) is 23.5. The van der Waals surface area contributed by atoms with E-state index in [1.165, 1.54) is 10.6 Å². The van der Waals surface area contributed by atoms with Crippen molar-refractivity contribution in [2.75, 3.05) is 6.61 Å². The van der Waals surface area contributed by atoms with E-state index >= 15 is 0 Å². The average Bonchev–Trinajstić information content (AvgIpc) is 3.61. The van der Waals surface area contributed by atoms with Gasteiger partial charge in [0.05, 0.1) is 33.4 Å². The number of carbonyl (C=O) groups is 1. The molecule has 220 valence electrons. The molecule has 0 amide bonds. The first-order valence-corrected chi connectivity index (χ1v) is 14.8. The number of halogens is 1. The van der Waals surface area contributed by atoms with E-state index in [0.717, 1.165) is 11.3 Å². The molecule has 1 aliphatic rings. The number of aryl methyl sites for hydroxylation is 1. The van der Waals surface area contributed by atoms with Crippen LogP contribution in [0.1, 0.15) is 35.4 Å². The molecule has 0 aliphatic carbocycles. The summed E-state index contributed by atoms with van der Waals surface area (Å²) in [5.41, 5.74) is 2.72. The van der Waals surface area contributed by atoms with Crippen molar-refractivity contribution in [3.8, 4) is 11.3 Å². The first-order valence-electron chi connectivity index (χ1n) is 13.6. The third-order valence-corrected chi connectivity index (χ3v) is 8.38. The number of hydrogen-bond acceptors (Lipinski definition) is 8. The topological polar surface area (TPSA) is 117 Å². The van der Waals surface area contributed by atoms with Gasteiger partial charge in [-0.3, -0.25) is 19.5 Å². The number of carbonyl (C=O) groups excluding carboxylic acids is 1. The smallest absolute Gasteiger partial charge is 0.338 e. The third kappa shape index (κ3) is 5.41. The molecule has 6 rings (SSSR count). The van der Waals surface area contributed by atoms with Crippen LogP contribution in [0.15, 0.2) is 105 Å². The lowest BCUT2D eigenvalue weighted by atomic mass is 9.93. The second kappa shape index (κ2) is 11.9. The molecule has 0 fully saturated rings. The molecular weight excluding hydrogens is 602 g/mol. The van der Waals surface area contributed by atoms with E-state index in [2.05, 4.69) is 0 Å². The van der Waals surface area contributed by atoms with E-state index < -0.39 is 16.9 Å². The molecule has 9 nitrogen and oxygen atoms in total. The molecule has 0 saturated heterocycles. The maximum atomic E-state index is 14.0. The number of nitro benzene ring substituents is 1. The number of esters is 1. The SMILES string of the molecule is CCOC(=O)C1=C(c2ccccc2)N=c2s/c(=C\c3ccc(-c4ccc(C)c([N+](=O)[O-])c4)o3)c(=O)n2C1c1ccc(Cl)cc1. The molecule has 44 heavy (non-hydrogen) atoms. The van der Waals surface area contributed by atoms with E-state index in [1.807, 2.05) is 30.3 Å². The minimum absolute atomic E-state index is 0.0115. The van der Waals surface area contributed by atoms with Crippen molar-refractivity contribution in [3.05, 3.63) is 148 Å². The second-order valence-electron chi connectivity index (χ2n) is 9.94. The van der Waals surface area contributed by atoms with Crippen LogP contribution in [0, 0.1) is 17.0 Å². The molecule has 0 radical (unpaired) electrons. The van der Waals surface area contributed by atoms with Crippen molar-refractivity contribution in [2.45, 2.75) is 19.9 Å². The number of benzene rings is 3. The molecule has 0 bridgehead atoms. The highest BCUT2D eigenvalue weighted by Gasteiger charge is 2.35. The van der Waals surface area contributed by atoms with Gasteiger partial charge >= 0.3 is 5.97 Å². The minimum Gasteiger partial charge on any atom is -0.463 e. The first-order chi connectivity index (χ1) is 21.2. The lowest BCUT2D eigenvalue weighted by Crippen LogP contribution is -2.39. The highest BCUT2D eigenvalue weighted by Crippen LogP contribution is 2.35. The second-order valence-corrected chi connectivity index (χ2v) is 11.4. The Kier molecular flexibility index (Phi) is 7.86. The van der Waals surface area contributed by atoms with Crippen LogP contribution in [0.4, 0.5) is 5.69 Å². The molecule has 1 aliphatic heterocycles. The van der Waals surface area contributed by atoms with Gasteiger partial charge in [-0.15, -0.1) is 0 Å². The molecule has 0 N–H and O–H groups in total. The highest BCUT2D eigenvalue weighted by molar-refractivity contribution is 7.07. The van der Waals surface area contributed by atoms with Gasteiger partial charge in [0.25, 0.3) is 11.2 Å². The number of nitrogens with zero attached hydrogens (tertiary/aromatic N) is 3. The van der Waals surface area contributed by atoms with Crippen molar-refractivity contribution < 1.29 is 18.9 Å². The lowest BCUT2D eigenvalue weighted by molar-refractivity contribution is -0.385. The van der Waals surface area contributed by atoms with Crippen LogP contribution >= 0.6 is 22.9 Å². The van der Waals surface area contributed by atoms with Crippen LogP contribution in [0.25, 0.3) is 23.1 Å². The number of fused-ring (bicyclic) bond motifs is 1. The fourth-order valence-corrected chi connectivity index (χ4v) is 6.18. The van der Waals surface area contributed by atoms with Gasteiger partial charge < -0.3 is 9.15 Å². The Morgan fingerprint density at radius 2 is 1.84 bits per heavy atom. The van der Waals surface area contributed by atoms with Crippen molar-refractivity contribution in [1.29, 1.82) is 0 Å². The Morgan fingerprint density at radius 3 is 2.55 bits per heavy atom. The fourth-order valence-electron chi connectivity index (χ4n) is 5.07. The predicted molar refractivity (Wildman–Crippen MR) is 168 cm³/mol. The lowest BCUT2D eigenvalue weighted by Gasteiger charge is -2.25. The molecule has 2 aromatic heterocycles. The van der Waals surface area contributed by atoms with Crippen molar-refractivity contribution in [3.63, 3.8) is 0 Å². The van der Waals surface area contributed by atoms with Crippen LogP contribution < -0.4 is 14.9 Å². The van der Waals surface area contributed by atoms with Crippen LogP contribution in [-0.2, 0) is 9.53 Å². The first kappa shape index (κ1) is 29.0. The van der Waals surface area contributed by atoms with Gasteiger partial charge in [-0.25, -0.2) is 9.79 Å². The number of thiazole rings is 1. The van der Waals surface area contributed by atoms with Gasteiger partial charge in [-0.05, 0) is 43.7 Å². The normalized spacial score (nSPS) is 14.7. The predicted octanol–water partition coefficient (Wildman–Crippen LogP) is 6.07. The molecule has 3 heterocycles. The zero-order valence-corrected chi connectivity index (χ0v) is 25.1. The van der Waals surface area contributed by atoms with E-state index in [0.29, 0.717) is 53.8 Å². The van der Waals surface area contributed by atoms with Gasteiger partial charge in [0.15, 0.2) is 4.80 Å². The molecule has 1 atom stereocenters. The summed E-state index contributed by atoms with van der Waals surface area (Å²) >= 11 is 7.35. The fraction of sp³-hybridized carbons (Fsp3) is 0.121. The van der Waals surface area contributed by atoms with E-state index in [4.69, 9.17) is 25.7 Å². The largest absolute Gasteiger partial charge is 0.463 e. The Labute approximate surface area is 259 Å². The number of furan rings is 1. The molecule has 3 aromatic carbocycles.